The first-order chi connectivity index (χ1) is 14.3. The summed E-state index contributed by atoms with van der Waals surface area (Å²) >= 11 is 0. The Labute approximate surface area is 174 Å². The Balaban J connectivity index is 1.72. The number of nitriles is 1. The second-order valence-corrected chi connectivity index (χ2v) is 7.96. The van der Waals surface area contributed by atoms with Gasteiger partial charge in [-0.25, -0.2) is 23.4 Å². The van der Waals surface area contributed by atoms with Gasteiger partial charge in [0.05, 0.1) is 11.3 Å². The van der Waals surface area contributed by atoms with Crippen LogP contribution in [0.15, 0.2) is 48.5 Å². The van der Waals surface area contributed by atoms with E-state index in [0.717, 1.165) is 5.56 Å². The van der Waals surface area contributed by atoms with E-state index in [1.807, 2.05) is 6.07 Å². The third-order valence-corrected chi connectivity index (χ3v) is 5.16. The Bertz CT molecular complexity index is 1030. The molecule has 0 aromatic heterocycles. The number of carbonyl (C=O) groups is 2. The zero-order valence-electron chi connectivity index (χ0n) is 16.1. The van der Waals surface area contributed by atoms with E-state index in [2.05, 4.69) is 20.9 Å². The van der Waals surface area contributed by atoms with Crippen molar-refractivity contribution in [2.45, 2.75) is 12.3 Å². The summed E-state index contributed by atoms with van der Waals surface area (Å²) in [6, 6.07) is 14.5. The SMILES string of the molecule is CNS(=O)(=O)Cc1ccc(CNC(=O)NNC(=O)COc2ccccc2C#N)cc1. The zero-order chi connectivity index (χ0) is 22.0. The molecule has 3 amide bonds. The number of para-hydroxylation sites is 1. The van der Waals surface area contributed by atoms with Gasteiger partial charge in [0.2, 0.25) is 10.0 Å². The molecule has 0 heterocycles. The molecule has 2 aromatic carbocycles. The first-order valence-corrected chi connectivity index (χ1v) is 10.4. The van der Waals surface area contributed by atoms with Crippen LogP contribution in [0.25, 0.3) is 0 Å². The number of carbonyl (C=O) groups excluding carboxylic acids is 2. The first kappa shape index (κ1) is 22.7. The summed E-state index contributed by atoms with van der Waals surface area (Å²) in [5.41, 5.74) is 6.03. The topological polar surface area (TPSA) is 149 Å². The van der Waals surface area contributed by atoms with Crippen LogP contribution in [0.1, 0.15) is 16.7 Å². The van der Waals surface area contributed by atoms with Crippen molar-refractivity contribution < 1.29 is 22.7 Å². The molecule has 0 saturated heterocycles. The molecule has 158 valence electrons. The summed E-state index contributed by atoms with van der Waals surface area (Å²) in [5, 5.41) is 11.5. The summed E-state index contributed by atoms with van der Waals surface area (Å²) in [6.07, 6.45) is 0. The molecular formula is C19H21N5O5S. The molecule has 11 heteroatoms. The van der Waals surface area contributed by atoms with E-state index in [1.54, 1.807) is 48.5 Å². The van der Waals surface area contributed by atoms with Crippen LogP contribution in [0.2, 0.25) is 0 Å². The number of hydrogen-bond acceptors (Lipinski definition) is 6. The van der Waals surface area contributed by atoms with E-state index in [0.29, 0.717) is 11.1 Å². The van der Waals surface area contributed by atoms with Crippen LogP contribution in [0.4, 0.5) is 4.79 Å². The van der Waals surface area contributed by atoms with Gasteiger partial charge in [0, 0.05) is 6.54 Å². The van der Waals surface area contributed by atoms with Crippen LogP contribution in [0.3, 0.4) is 0 Å². The largest absolute Gasteiger partial charge is 0.482 e. The Morgan fingerprint density at radius 2 is 1.70 bits per heavy atom. The van der Waals surface area contributed by atoms with Gasteiger partial charge in [-0.15, -0.1) is 0 Å². The van der Waals surface area contributed by atoms with Crippen molar-refractivity contribution in [2.75, 3.05) is 13.7 Å². The molecule has 10 nitrogen and oxygen atoms in total. The smallest absolute Gasteiger partial charge is 0.333 e. The highest BCUT2D eigenvalue weighted by molar-refractivity contribution is 7.88. The normalized spacial score (nSPS) is 10.5. The predicted molar refractivity (Wildman–Crippen MR) is 108 cm³/mol. The fourth-order valence-electron chi connectivity index (χ4n) is 2.26. The van der Waals surface area contributed by atoms with Gasteiger partial charge >= 0.3 is 6.03 Å². The van der Waals surface area contributed by atoms with Crippen LogP contribution in [-0.4, -0.2) is 34.0 Å². The number of rotatable bonds is 8. The van der Waals surface area contributed by atoms with Gasteiger partial charge in [0.15, 0.2) is 6.61 Å². The fraction of sp³-hybridized carbons (Fsp3) is 0.211. The van der Waals surface area contributed by atoms with E-state index >= 15 is 0 Å². The van der Waals surface area contributed by atoms with Crippen LogP contribution in [-0.2, 0) is 27.1 Å². The molecule has 4 N–H and O–H groups in total. The maximum Gasteiger partial charge on any atom is 0.333 e. The maximum atomic E-state index is 11.8. The minimum atomic E-state index is -3.35. The first-order valence-electron chi connectivity index (χ1n) is 8.76. The molecular weight excluding hydrogens is 410 g/mol. The Morgan fingerprint density at radius 3 is 2.37 bits per heavy atom. The van der Waals surface area contributed by atoms with Gasteiger partial charge in [-0.1, -0.05) is 36.4 Å². The Hall–Kier alpha value is -3.62. The van der Waals surface area contributed by atoms with Crippen LogP contribution in [0.5, 0.6) is 5.75 Å². The average molecular weight is 431 g/mol. The average Bonchev–Trinajstić information content (AvgIpc) is 2.75. The summed E-state index contributed by atoms with van der Waals surface area (Å²) in [4.78, 5) is 23.5. The van der Waals surface area contributed by atoms with E-state index in [4.69, 9.17) is 10.00 Å². The Morgan fingerprint density at radius 1 is 1.03 bits per heavy atom. The molecule has 0 aliphatic rings. The number of hydrazine groups is 1. The lowest BCUT2D eigenvalue weighted by Gasteiger charge is -2.11. The number of amides is 3. The third kappa shape index (κ3) is 7.42. The Kier molecular flexibility index (Phi) is 8.16. The van der Waals surface area contributed by atoms with Crippen molar-refractivity contribution in [1.29, 1.82) is 5.26 Å². The van der Waals surface area contributed by atoms with E-state index in [9.17, 15) is 18.0 Å². The molecule has 2 rings (SSSR count). The highest BCUT2D eigenvalue weighted by Crippen LogP contribution is 2.16. The van der Waals surface area contributed by atoms with E-state index in [-0.39, 0.29) is 24.7 Å². The highest BCUT2D eigenvalue weighted by atomic mass is 32.2. The van der Waals surface area contributed by atoms with Crippen LogP contribution in [0, 0.1) is 11.3 Å². The van der Waals surface area contributed by atoms with Crippen molar-refractivity contribution in [3.8, 4) is 11.8 Å². The van der Waals surface area contributed by atoms with Crippen LogP contribution < -0.4 is 25.6 Å². The lowest BCUT2D eigenvalue weighted by molar-refractivity contribution is -0.123. The van der Waals surface area contributed by atoms with Gasteiger partial charge in [-0.2, -0.15) is 5.26 Å². The molecule has 0 aliphatic heterocycles. The fourth-order valence-corrected chi connectivity index (χ4v) is 3.04. The van der Waals surface area contributed by atoms with E-state index < -0.39 is 22.0 Å². The van der Waals surface area contributed by atoms with Crippen molar-refractivity contribution in [3.05, 3.63) is 65.2 Å². The number of benzene rings is 2. The lowest BCUT2D eigenvalue weighted by Crippen LogP contribution is -2.48. The second-order valence-electron chi connectivity index (χ2n) is 6.03. The van der Waals surface area contributed by atoms with Gasteiger partial charge in [0.1, 0.15) is 11.8 Å². The molecule has 0 saturated carbocycles. The molecule has 2 aromatic rings. The second kappa shape index (κ2) is 10.8. The summed E-state index contributed by atoms with van der Waals surface area (Å²) < 4.78 is 30.5. The van der Waals surface area contributed by atoms with Gasteiger partial charge < -0.3 is 10.1 Å². The van der Waals surface area contributed by atoms with Crippen molar-refractivity contribution in [2.24, 2.45) is 0 Å². The van der Waals surface area contributed by atoms with Crippen molar-refractivity contribution >= 4 is 22.0 Å². The quantitative estimate of drug-likeness (QED) is 0.448. The van der Waals surface area contributed by atoms with Crippen molar-refractivity contribution in [1.82, 2.24) is 20.9 Å². The van der Waals surface area contributed by atoms with Crippen molar-refractivity contribution in [3.63, 3.8) is 0 Å². The molecule has 0 spiro atoms. The molecule has 0 atom stereocenters. The number of nitrogens with one attached hydrogen (secondary N) is 4. The molecule has 30 heavy (non-hydrogen) atoms. The predicted octanol–water partition coefficient (Wildman–Crippen LogP) is 0.517. The molecule has 0 radical (unpaired) electrons. The number of sulfonamides is 1. The van der Waals surface area contributed by atoms with Crippen LogP contribution >= 0.6 is 0 Å². The molecule has 0 aliphatic carbocycles. The third-order valence-electron chi connectivity index (χ3n) is 3.83. The maximum absolute atomic E-state index is 11.8. The summed E-state index contributed by atoms with van der Waals surface area (Å²) in [5.74, 6) is -0.469. The summed E-state index contributed by atoms with van der Waals surface area (Å²) in [7, 11) is -2.00. The minimum absolute atomic E-state index is 0.134. The zero-order valence-corrected chi connectivity index (χ0v) is 17.0. The van der Waals surface area contributed by atoms with Gasteiger partial charge in [0.25, 0.3) is 5.91 Å². The lowest BCUT2D eigenvalue weighted by atomic mass is 10.1. The highest BCUT2D eigenvalue weighted by Gasteiger charge is 2.09. The summed E-state index contributed by atoms with van der Waals surface area (Å²) in [6.45, 7) is -0.206. The molecule has 0 bridgehead atoms. The monoisotopic (exact) mass is 431 g/mol. The number of ether oxygens (including phenoxy) is 1. The number of urea groups is 1. The van der Waals surface area contributed by atoms with Gasteiger partial charge in [-0.3, -0.25) is 10.2 Å². The standard InChI is InChI=1S/C19H21N5O5S/c1-21-30(27,28)13-15-8-6-14(7-9-15)11-22-19(26)24-23-18(25)12-29-17-5-3-2-4-16(17)10-20/h2-9,21H,11-13H2,1H3,(H,23,25)(H2,22,24,26). The molecule has 0 fully saturated rings. The number of hydrogen-bond donors (Lipinski definition) is 4. The number of nitrogens with zero attached hydrogens (tertiary/aromatic N) is 1. The van der Waals surface area contributed by atoms with Gasteiger partial charge in [-0.05, 0) is 30.3 Å². The van der Waals surface area contributed by atoms with E-state index in [1.165, 1.54) is 7.05 Å². The minimum Gasteiger partial charge on any atom is -0.482 e. The molecule has 0 unspecified atom stereocenters.